The van der Waals surface area contributed by atoms with E-state index in [1.165, 1.54) is 4.31 Å². The van der Waals surface area contributed by atoms with Gasteiger partial charge in [0.15, 0.2) is 0 Å². The zero-order valence-electron chi connectivity index (χ0n) is 10.5. The highest BCUT2D eigenvalue weighted by molar-refractivity contribution is 7.88. The summed E-state index contributed by atoms with van der Waals surface area (Å²) in [6.07, 6.45) is 1.57. The Bertz CT molecular complexity index is 497. The lowest BCUT2D eigenvalue weighted by Crippen LogP contribution is -2.32. The van der Waals surface area contributed by atoms with Crippen LogP contribution >= 0.6 is 0 Å². The van der Waals surface area contributed by atoms with Crippen LogP contribution in [-0.2, 0) is 22.4 Å². The van der Waals surface area contributed by atoms with E-state index in [0.717, 1.165) is 5.56 Å². The van der Waals surface area contributed by atoms with E-state index in [4.69, 9.17) is 5.11 Å². The third-order valence-corrected chi connectivity index (χ3v) is 4.49. The van der Waals surface area contributed by atoms with Gasteiger partial charge in [0.1, 0.15) is 0 Å². The molecule has 18 heavy (non-hydrogen) atoms. The molecule has 0 atom stereocenters. The Morgan fingerprint density at radius 3 is 2.61 bits per heavy atom. The second kappa shape index (κ2) is 6.68. The maximum atomic E-state index is 12.1. The standard InChI is InChI=1S/C13H19NO3S/c1-3-8-14(4-2)18(16,17)11-13-7-5-6-12(9-13)10-15/h3,5-7,9,15H,1,4,8,10-11H2,2H3. The number of hydrogen-bond acceptors (Lipinski definition) is 3. The third kappa shape index (κ3) is 3.94. The van der Waals surface area contributed by atoms with Crippen LogP contribution in [0.1, 0.15) is 18.1 Å². The van der Waals surface area contributed by atoms with Crippen molar-refractivity contribution < 1.29 is 13.5 Å². The van der Waals surface area contributed by atoms with Crippen molar-refractivity contribution in [3.05, 3.63) is 48.0 Å². The van der Waals surface area contributed by atoms with Crippen molar-refractivity contribution in [2.75, 3.05) is 13.1 Å². The number of aliphatic hydroxyl groups is 1. The Balaban J connectivity index is 2.90. The Labute approximate surface area is 109 Å². The summed E-state index contributed by atoms with van der Waals surface area (Å²) in [5.41, 5.74) is 1.40. The van der Waals surface area contributed by atoms with Crippen LogP contribution in [0.3, 0.4) is 0 Å². The predicted octanol–water partition coefficient (Wildman–Crippen LogP) is 1.52. The molecule has 1 N–H and O–H groups in total. The van der Waals surface area contributed by atoms with Gasteiger partial charge in [0.2, 0.25) is 10.0 Å². The molecular weight excluding hydrogens is 250 g/mol. The Hall–Kier alpha value is -1.17. The molecule has 1 aromatic rings. The summed E-state index contributed by atoms with van der Waals surface area (Å²) in [6.45, 7) is 6.01. The molecule has 0 fully saturated rings. The molecule has 0 saturated heterocycles. The van der Waals surface area contributed by atoms with E-state index in [0.29, 0.717) is 18.7 Å². The average Bonchev–Trinajstić information content (AvgIpc) is 2.35. The molecule has 0 aromatic heterocycles. The van der Waals surface area contributed by atoms with E-state index in [2.05, 4.69) is 6.58 Å². The molecule has 1 aromatic carbocycles. The van der Waals surface area contributed by atoms with Crippen molar-refractivity contribution in [1.29, 1.82) is 0 Å². The van der Waals surface area contributed by atoms with Gasteiger partial charge >= 0.3 is 0 Å². The van der Waals surface area contributed by atoms with E-state index in [1.54, 1.807) is 37.3 Å². The van der Waals surface area contributed by atoms with Crippen LogP contribution in [0, 0.1) is 0 Å². The first kappa shape index (κ1) is 14.9. The van der Waals surface area contributed by atoms with Gasteiger partial charge in [-0.3, -0.25) is 0 Å². The fourth-order valence-electron chi connectivity index (χ4n) is 1.70. The summed E-state index contributed by atoms with van der Waals surface area (Å²) in [5, 5.41) is 9.03. The first-order chi connectivity index (χ1) is 8.53. The Kier molecular flexibility index (Phi) is 5.53. The van der Waals surface area contributed by atoms with Crippen molar-refractivity contribution in [2.45, 2.75) is 19.3 Å². The van der Waals surface area contributed by atoms with Crippen LogP contribution in [0.2, 0.25) is 0 Å². The highest BCUT2D eigenvalue weighted by Crippen LogP contribution is 2.12. The summed E-state index contributed by atoms with van der Waals surface area (Å²) in [4.78, 5) is 0. The summed E-state index contributed by atoms with van der Waals surface area (Å²) < 4.78 is 25.7. The number of aliphatic hydroxyl groups excluding tert-OH is 1. The van der Waals surface area contributed by atoms with Crippen molar-refractivity contribution in [3.63, 3.8) is 0 Å². The average molecular weight is 269 g/mol. The zero-order chi connectivity index (χ0) is 13.6. The van der Waals surface area contributed by atoms with Crippen molar-refractivity contribution >= 4 is 10.0 Å². The van der Waals surface area contributed by atoms with Gasteiger partial charge in [0, 0.05) is 13.1 Å². The monoisotopic (exact) mass is 269 g/mol. The second-order valence-electron chi connectivity index (χ2n) is 3.97. The topological polar surface area (TPSA) is 57.6 Å². The van der Waals surface area contributed by atoms with E-state index >= 15 is 0 Å². The first-order valence-electron chi connectivity index (χ1n) is 5.81. The number of likely N-dealkylation sites (N-methyl/N-ethyl adjacent to an activating group) is 1. The maximum absolute atomic E-state index is 12.1. The fraction of sp³-hybridized carbons (Fsp3) is 0.385. The highest BCUT2D eigenvalue weighted by Gasteiger charge is 2.19. The normalized spacial score (nSPS) is 11.7. The Morgan fingerprint density at radius 2 is 2.06 bits per heavy atom. The molecule has 0 aliphatic heterocycles. The van der Waals surface area contributed by atoms with Crippen LogP contribution in [0.4, 0.5) is 0 Å². The zero-order valence-corrected chi connectivity index (χ0v) is 11.4. The minimum absolute atomic E-state index is 0.0531. The van der Waals surface area contributed by atoms with E-state index in [9.17, 15) is 8.42 Å². The van der Waals surface area contributed by atoms with Crippen molar-refractivity contribution in [3.8, 4) is 0 Å². The molecule has 0 heterocycles. The number of rotatable bonds is 7. The molecule has 0 radical (unpaired) electrons. The minimum atomic E-state index is -3.33. The molecular formula is C13H19NO3S. The van der Waals surface area contributed by atoms with Gasteiger partial charge in [-0.1, -0.05) is 37.3 Å². The lowest BCUT2D eigenvalue weighted by molar-refractivity contribution is 0.281. The number of nitrogens with zero attached hydrogens (tertiary/aromatic N) is 1. The van der Waals surface area contributed by atoms with E-state index in [1.807, 2.05) is 0 Å². The van der Waals surface area contributed by atoms with Crippen LogP contribution in [0.5, 0.6) is 0 Å². The second-order valence-corrected chi connectivity index (χ2v) is 5.94. The molecule has 0 bridgehead atoms. The SMILES string of the molecule is C=CCN(CC)S(=O)(=O)Cc1cccc(CO)c1. The summed E-state index contributed by atoms with van der Waals surface area (Å²) >= 11 is 0. The van der Waals surface area contributed by atoms with Crippen LogP contribution in [0.15, 0.2) is 36.9 Å². The van der Waals surface area contributed by atoms with Gasteiger partial charge in [0.05, 0.1) is 12.4 Å². The largest absolute Gasteiger partial charge is 0.392 e. The molecule has 0 amide bonds. The summed E-state index contributed by atoms with van der Waals surface area (Å²) in [5.74, 6) is -0.0531. The minimum Gasteiger partial charge on any atom is -0.392 e. The lowest BCUT2D eigenvalue weighted by Gasteiger charge is -2.18. The summed E-state index contributed by atoms with van der Waals surface area (Å²) in [6, 6.07) is 6.97. The molecule has 0 saturated carbocycles. The molecule has 0 unspecified atom stereocenters. The molecule has 5 heteroatoms. The lowest BCUT2D eigenvalue weighted by atomic mass is 10.1. The molecule has 0 aliphatic rings. The first-order valence-corrected chi connectivity index (χ1v) is 7.41. The third-order valence-electron chi connectivity index (χ3n) is 2.60. The quantitative estimate of drug-likeness (QED) is 0.763. The Morgan fingerprint density at radius 1 is 1.39 bits per heavy atom. The van der Waals surface area contributed by atoms with Gasteiger partial charge in [-0.2, -0.15) is 4.31 Å². The van der Waals surface area contributed by atoms with Crippen molar-refractivity contribution in [2.24, 2.45) is 0 Å². The maximum Gasteiger partial charge on any atom is 0.218 e. The van der Waals surface area contributed by atoms with Gasteiger partial charge in [-0.05, 0) is 11.1 Å². The van der Waals surface area contributed by atoms with Gasteiger partial charge in [-0.15, -0.1) is 6.58 Å². The van der Waals surface area contributed by atoms with E-state index < -0.39 is 10.0 Å². The fourth-order valence-corrected chi connectivity index (χ4v) is 3.21. The van der Waals surface area contributed by atoms with E-state index in [-0.39, 0.29) is 12.4 Å². The molecule has 1 rings (SSSR count). The predicted molar refractivity (Wildman–Crippen MR) is 72.4 cm³/mol. The number of hydrogen-bond donors (Lipinski definition) is 1. The summed E-state index contributed by atoms with van der Waals surface area (Å²) in [7, 11) is -3.33. The van der Waals surface area contributed by atoms with Crippen LogP contribution in [0.25, 0.3) is 0 Å². The van der Waals surface area contributed by atoms with Crippen molar-refractivity contribution in [1.82, 2.24) is 4.31 Å². The molecule has 0 spiro atoms. The molecule has 0 aliphatic carbocycles. The van der Waals surface area contributed by atoms with Gasteiger partial charge < -0.3 is 5.11 Å². The highest BCUT2D eigenvalue weighted by atomic mass is 32.2. The van der Waals surface area contributed by atoms with Crippen LogP contribution < -0.4 is 0 Å². The smallest absolute Gasteiger partial charge is 0.218 e. The number of benzene rings is 1. The molecule has 100 valence electrons. The van der Waals surface area contributed by atoms with Gasteiger partial charge in [-0.25, -0.2) is 8.42 Å². The number of sulfonamides is 1. The van der Waals surface area contributed by atoms with Gasteiger partial charge in [0.25, 0.3) is 0 Å². The van der Waals surface area contributed by atoms with Crippen LogP contribution in [-0.4, -0.2) is 30.9 Å². The molecule has 4 nitrogen and oxygen atoms in total.